The molecule has 5 rings (SSSR count). The van der Waals surface area contributed by atoms with Gasteiger partial charge in [-0.05, 0) is 72.3 Å². The molecule has 5 heteroatoms. The van der Waals surface area contributed by atoms with Gasteiger partial charge < -0.3 is 9.32 Å². The lowest BCUT2D eigenvalue weighted by Gasteiger charge is -2.27. The van der Waals surface area contributed by atoms with Crippen molar-refractivity contribution in [3.63, 3.8) is 0 Å². The second-order valence-corrected chi connectivity index (χ2v) is 7.24. The molecular formula is C26H19N3O2. The Bertz CT molecular complexity index is 1340. The third kappa shape index (κ3) is 3.46. The second-order valence-electron chi connectivity index (χ2n) is 7.24. The van der Waals surface area contributed by atoms with Gasteiger partial charge in [-0.15, -0.1) is 4.91 Å². The van der Waals surface area contributed by atoms with Crippen LogP contribution in [0.4, 0.5) is 22.7 Å². The summed E-state index contributed by atoms with van der Waals surface area (Å²) >= 11 is 0. The first-order valence-corrected chi connectivity index (χ1v) is 9.99. The van der Waals surface area contributed by atoms with E-state index in [4.69, 9.17) is 4.42 Å². The first-order chi connectivity index (χ1) is 15.2. The van der Waals surface area contributed by atoms with Gasteiger partial charge in [0.25, 0.3) is 0 Å². The van der Waals surface area contributed by atoms with E-state index in [1.807, 2.05) is 103 Å². The zero-order valence-electron chi connectivity index (χ0n) is 16.9. The Kier molecular flexibility index (Phi) is 4.77. The molecule has 5 nitrogen and oxygen atoms in total. The minimum Gasteiger partial charge on any atom is -0.436 e. The maximum absolute atomic E-state index is 11.5. The summed E-state index contributed by atoms with van der Waals surface area (Å²) in [4.78, 5) is 18.1. The lowest BCUT2D eigenvalue weighted by Crippen LogP contribution is -2.11. The van der Waals surface area contributed by atoms with Crippen LogP contribution in [0.5, 0.6) is 0 Å². The number of benzene rings is 4. The number of nitroso groups, excluding NO2 is 1. The molecule has 0 atom stereocenters. The monoisotopic (exact) mass is 405 g/mol. The molecule has 4 aromatic carbocycles. The highest BCUT2D eigenvalue weighted by atomic mass is 16.3. The molecule has 0 saturated heterocycles. The van der Waals surface area contributed by atoms with Gasteiger partial charge in [0, 0.05) is 16.9 Å². The lowest BCUT2D eigenvalue weighted by molar-refractivity contribution is 0.620. The Morgan fingerprint density at radius 3 is 2.19 bits per heavy atom. The predicted molar refractivity (Wildman–Crippen MR) is 124 cm³/mol. The number of oxazole rings is 1. The molecule has 0 saturated carbocycles. The summed E-state index contributed by atoms with van der Waals surface area (Å²) in [7, 11) is 0. The van der Waals surface area contributed by atoms with Gasteiger partial charge in [0.1, 0.15) is 11.2 Å². The molecule has 0 radical (unpaired) electrons. The van der Waals surface area contributed by atoms with E-state index in [0.717, 1.165) is 39.3 Å². The molecule has 0 fully saturated rings. The van der Waals surface area contributed by atoms with Crippen LogP contribution in [0.25, 0.3) is 22.6 Å². The van der Waals surface area contributed by atoms with E-state index >= 15 is 0 Å². The van der Waals surface area contributed by atoms with E-state index < -0.39 is 0 Å². The summed E-state index contributed by atoms with van der Waals surface area (Å²) in [5.41, 5.74) is 6.55. The van der Waals surface area contributed by atoms with E-state index in [1.165, 1.54) is 0 Å². The largest absolute Gasteiger partial charge is 0.436 e. The summed E-state index contributed by atoms with van der Waals surface area (Å²) < 4.78 is 5.90. The Balaban J connectivity index is 1.61. The lowest BCUT2D eigenvalue weighted by atomic mass is 10.1. The summed E-state index contributed by atoms with van der Waals surface area (Å²) in [6, 6.07) is 31.1. The molecule has 0 unspecified atom stereocenters. The van der Waals surface area contributed by atoms with Crippen molar-refractivity contribution in [3.05, 3.63) is 108 Å². The highest BCUT2D eigenvalue weighted by molar-refractivity contribution is 5.85. The molecule has 1 heterocycles. The zero-order chi connectivity index (χ0) is 21.2. The predicted octanol–water partition coefficient (Wildman–Crippen LogP) is 7.67. The maximum Gasteiger partial charge on any atom is 0.227 e. The van der Waals surface area contributed by atoms with Crippen molar-refractivity contribution in [2.75, 3.05) is 4.90 Å². The Hall–Kier alpha value is -4.25. The summed E-state index contributed by atoms with van der Waals surface area (Å²) in [6.45, 7) is 2.05. The number of hydrogen-bond donors (Lipinski definition) is 0. The highest BCUT2D eigenvalue weighted by Crippen LogP contribution is 2.41. The van der Waals surface area contributed by atoms with Crippen LogP contribution in [-0.4, -0.2) is 4.98 Å². The van der Waals surface area contributed by atoms with Gasteiger partial charge >= 0.3 is 0 Å². The van der Waals surface area contributed by atoms with Crippen LogP contribution < -0.4 is 4.90 Å². The van der Waals surface area contributed by atoms with Crippen LogP contribution in [-0.2, 0) is 0 Å². The molecule has 1 aromatic heterocycles. The smallest absolute Gasteiger partial charge is 0.227 e. The van der Waals surface area contributed by atoms with Gasteiger partial charge in [-0.3, -0.25) is 0 Å². The number of para-hydroxylation sites is 4. The van der Waals surface area contributed by atoms with Crippen LogP contribution >= 0.6 is 0 Å². The van der Waals surface area contributed by atoms with Crippen molar-refractivity contribution < 1.29 is 4.42 Å². The van der Waals surface area contributed by atoms with Crippen molar-refractivity contribution in [1.29, 1.82) is 0 Å². The number of aromatic nitrogens is 1. The highest BCUT2D eigenvalue weighted by Gasteiger charge is 2.18. The second kappa shape index (κ2) is 7.88. The van der Waals surface area contributed by atoms with Crippen LogP contribution in [0.2, 0.25) is 0 Å². The minimum atomic E-state index is 0.383. The van der Waals surface area contributed by atoms with E-state index in [9.17, 15) is 4.91 Å². The quantitative estimate of drug-likeness (QED) is 0.281. The van der Waals surface area contributed by atoms with Gasteiger partial charge in [0.05, 0.1) is 5.69 Å². The number of fused-ring (bicyclic) bond motifs is 1. The minimum absolute atomic E-state index is 0.383. The molecule has 0 aliphatic carbocycles. The molecule has 0 amide bonds. The molecule has 5 aromatic rings. The summed E-state index contributed by atoms with van der Waals surface area (Å²) in [6.07, 6.45) is 0. The molecule has 0 spiro atoms. The third-order valence-corrected chi connectivity index (χ3v) is 5.24. The number of anilines is 3. The summed E-state index contributed by atoms with van der Waals surface area (Å²) in [5, 5.41) is 3.24. The number of rotatable bonds is 5. The van der Waals surface area contributed by atoms with Gasteiger partial charge in [-0.25, -0.2) is 4.98 Å². The zero-order valence-corrected chi connectivity index (χ0v) is 16.9. The maximum atomic E-state index is 11.5. The number of hydrogen-bond acceptors (Lipinski definition) is 5. The molecule has 31 heavy (non-hydrogen) atoms. The van der Waals surface area contributed by atoms with Gasteiger partial charge in [-0.2, -0.15) is 0 Å². The van der Waals surface area contributed by atoms with Crippen LogP contribution in [0.3, 0.4) is 0 Å². The first-order valence-electron chi connectivity index (χ1n) is 9.99. The van der Waals surface area contributed by atoms with E-state index in [-0.39, 0.29) is 0 Å². The number of aryl methyl sites for hydroxylation is 1. The molecule has 0 aliphatic heterocycles. The van der Waals surface area contributed by atoms with E-state index in [2.05, 4.69) is 10.2 Å². The fraction of sp³-hybridized carbons (Fsp3) is 0.0385. The Morgan fingerprint density at radius 1 is 0.774 bits per heavy atom. The summed E-state index contributed by atoms with van der Waals surface area (Å²) in [5.74, 6) is 0.574. The Labute approximate surface area is 179 Å². The van der Waals surface area contributed by atoms with Gasteiger partial charge in [-0.1, -0.05) is 42.5 Å². The van der Waals surface area contributed by atoms with E-state index in [1.54, 1.807) is 6.07 Å². The van der Waals surface area contributed by atoms with Crippen LogP contribution in [0, 0.1) is 11.8 Å². The average Bonchev–Trinajstić information content (AvgIpc) is 3.26. The van der Waals surface area contributed by atoms with Crippen molar-refractivity contribution in [3.8, 4) is 11.5 Å². The van der Waals surface area contributed by atoms with Gasteiger partial charge in [0.2, 0.25) is 5.89 Å². The van der Waals surface area contributed by atoms with Crippen LogP contribution in [0.1, 0.15) is 5.56 Å². The molecule has 0 N–H and O–H groups in total. The SMILES string of the molecule is Cc1ccccc1N(c1ccc(-c2nc3ccccc3o2)cc1)c1ccccc1N=O. The Morgan fingerprint density at radius 2 is 1.45 bits per heavy atom. The fourth-order valence-electron chi connectivity index (χ4n) is 3.70. The normalized spacial score (nSPS) is 10.9. The molecule has 150 valence electrons. The van der Waals surface area contributed by atoms with Crippen molar-refractivity contribution in [2.45, 2.75) is 6.92 Å². The average molecular weight is 405 g/mol. The van der Waals surface area contributed by atoms with Crippen molar-refractivity contribution >= 4 is 33.8 Å². The standard InChI is InChI=1S/C26H19N3O2/c1-18-8-2-5-11-23(18)29(24-12-6-3-9-21(24)28-30)20-16-14-19(15-17-20)26-27-22-10-4-7-13-25(22)31-26/h2-17H,1H3. The van der Waals surface area contributed by atoms with E-state index in [0.29, 0.717) is 11.6 Å². The first kappa shape index (κ1) is 18.8. The van der Waals surface area contributed by atoms with Crippen LogP contribution in [0.15, 0.2) is 107 Å². The molecular weight excluding hydrogens is 386 g/mol. The van der Waals surface area contributed by atoms with Crippen molar-refractivity contribution in [1.82, 2.24) is 4.98 Å². The number of nitrogens with zero attached hydrogens (tertiary/aromatic N) is 3. The van der Waals surface area contributed by atoms with Crippen molar-refractivity contribution in [2.24, 2.45) is 5.18 Å². The topological polar surface area (TPSA) is 58.7 Å². The van der Waals surface area contributed by atoms with Gasteiger partial charge in [0.15, 0.2) is 5.58 Å². The third-order valence-electron chi connectivity index (χ3n) is 5.24. The molecule has 0 aliphatic rings. The fourth-order valence-corrected chi connectivity index (χ4v) is 3.70. The molecule has 0 bridgehead atoms.